The molecule has 0 amide bonds. The van der Waals surface area contributed by atoms with E-state index >= 15 is 0 Å². The molecule has 1 N–H and O–H groups in total. The molecule has 5 nitrogen and oxygen atoms in total. The lowest BCUT2D eigenvalue weighted by molar-refractivity contribution is 0.0687. The van der Waals surface area contributed by atoms with Crippen molar-refractivity contribution in [2.45, 2.75) is 18.7 Å². The van der Waals surface area contributed by atoms with Crippen molar-refractivity contribution in [3.05, 3.63) is 22.8 Å². The zero-order chi connectivity index (χ0) is 11.7. The summed E-state index contributed by atoms with van der Waals surface area (Å²) < 4.78 is 0. The lowest BCUT2D eigenvalue weighted by Crippen LogP contribution is -2.30. The fraction of sp³-hybridized carbons (Fsp3) is 0.500. The average Bonchev–Trinajstić information content (AvgIpc) is 2.26. The number of fused-ring (bicyclic) bond motifs is 1. The van der Waals surface area contributed by atoms with E-state index in [2.05, 4.69) is 27.5 Å². The molecule has 1 aromatic heterocycles. The van der Waals surface area contributed by atoms with Gasteiger partial charge in [-0.05, 0) is 13.5 Å². The molecule has 0 unspecified atom stereocenters. The Morgan fingerprint density at radius 2 is 2.31 bits per heavy atom. The second-order valence-corrected chi connectivity index (χ2v) is 4.18. The highest BCUT2D eigenvalue weighted by Gasteiger charge is 2.23. The molecule has 2 rings (SSSR count). The van der Waals surface area contributed by atoms with Crippen LogP contribution in [0.5, 0.6) is 0 Å². The van der Waals surface area contributed by atoms with Gasteiger partial charge in [0.2, 0.25) is 0 Å². The first-order valence-electron chi connectivity index (χ1n) is 5.03. The number of hydrogen-bond acceptors (Lipinski definition) is 5. The van der Waals surface area contributed by atoms with Gasteiger partial charge < -0.3 is 10.0 Å². The van der Waals surface area contributed by atoms with E-state index in [4.69, 9.17) is 5.11 Å². The molecule has 0 saturated heterocycles. The first kappa shape index (κ1) is 11.3. The highest BCUT2D eigenvalue weighted by atomic mass is 32.1. The van der Waals surface area contributed by atoms with Crippen molar-refractivity contribution in [2.24, 2.45) is 0 Å². The van der Waals surface area contributed by atoms with Crippen molar-refractivity contribution in [1.29, 1.82) is 0 Å². The Kier molecular flexibility index (Phi) is 3.11. The minimum absolute atomic E-state index is 0.141. The maximum atomic E-state index is 11.1. The molecule has 16 heavy (non-hydrogen) atoms. The second-order valence-electron chi connectivity index (χ2n) is 3.86. The van der Waals surface area contributed by atoms with Gasteiger partial charge in [0.1, 0.15) is 5.82 Å². The lowest BCUT2D eigenvalue weighted by Gasteiger charge is -2.25. The molecule has 0 fully saturated rings. The van der Waals surface area contributed by atoms with E-state index in [1.807, 2.05) is 7.05 Å². The largest absolute Gasteiger partial charge is 0.477 e. The first-order valence-corrected chi connectivity index (χ1v) is 5.66. The second kappa shape index (κ2) is 4.39. The van der Waals surface area contributed by atoms with Crippen LogP contribution in [0.1, 0.15) is 27.6 Å². The number of rotatable bonds is 2. The van der Waals surface area contributed by atoms with Crippen LogP contribution < -0.4 is 0 Å². The number of likely N-dealkylation sites (N-methyl/N-ethyl adjacent to an activating group) is 1. The summed E-state index contributed by atoms with van der Waals surface area (Å²) in [7, 11) is 1.99. The number of carbonyl (C=O) groups is 1. The number of aromatic carboxylic acids is 1. The summed E-state index contributed by atoms with van der Waals surface area (Å²) in [5.41, 5.74) is 1.74. The maximum absolute atomic E-state index is 11.1. The summed E-state index contributed by atoms with van der Waals surface area (Å²) in [5, 5.41) is 9.10. The van der Waals surface area contributed by atoms with E-state index in [0.717, 1.165) is 17.8 Å². The monoisotopic (exact) mass is 239 g/mol. The predicted molar refractivity (Wildman–Crippen MR) is 61.7 cm³/mol. The van der Waals surface area contributed by atoms with Gasteiger partial charge in [-0.3, -0.25) is 0 Å². The third-order valence-corrected chi connectivity index (χ3v) is 2.93. The minimum atomic E-state index is -0.980. The van der Waals surface area contributed by atoms with E-state index < -0.39 is 5.97 Å². The van der Waals surface area contributed by atoms with Crippen molar-refractivity contribution in [3.63, 3.8) is 0 Å². The highest BCUT2D eigenvalue weighted by Crippen LogP contribution is 2.19. The summed E-state index contributed by atoms with van der Waals surface area (Å²) in [6.07, 6.45) is 0.695. The van der Waals surface area contributed by atoms with Crippen LogP contribution in [0, 0.1) is 0 Å². The molecule has 0 aromatic carbocycles. The van der Waals surface area contributed by atoms with Crippen molar-refractivity contribution >= 4 is 18.6 Å². The lowest BCUT2D eigenvalue weighted by atomic mass is 10.0. The Morgan fingerprint density at radius 1 is 1.56 bits per heavy atom. The molecular weight excluding hydrogens is 226 g/mol. The molecule has 86 valence electrons. The summed E-state index contributed by atoms with van der Waals surface area (Å²) >= 11 is 4.08. The zero-order valence-corrected chi connectivity index (χ0v) is 9.87. The quantitative estimate of drug-likeness (QED) is 0.740. The minimum Gasteiger partial charge on any atom is -0.477 e. The van der Waals surface area contributed by atoms with Gasteiger partial charge in [0.15, 0.2) is 5.69 Å². The Bertz CT molecular complexity index is 436. The Hall–Kier alpha value is -1.14. The van der Waals surface area contributed by atoms with Gasteiger partial charge in [0, 0.05) is 18.7 Å². The van der Waals surface area contributed by atoms with Gasteiger partial charge in [-0.15, -0.1) is 0 Å². The van der Waals surface area contributed by atoms with Crippen molar-refractivity contribution in [2.75, 3.05) is 13.6 Å². The van der Waals surface area contributed by atoms with Gasteiger partial charge in [0.05, 0.1) is 11.4 Å². The fourth-order valence-electron chi connectivity index (χ4n) is 1.86. The molecule has 0 spiro atoms. The number of thiol groups is 1. The molecule has 1 aromatic rings. The van der Waals surface area contributed by atoms with Crippen molar-refractivity contribution in [1.82, 2.24) is 14.9 Å². The fourth-order valence-corrected chi connectivity index (χ4v) is 2.00. The molecule has 0 atom stereocenters. The van der Waals surface area contributed by atoms with Crippen LogP contribution in [0.3, 0.4) is 0 Å². The van der Waals surface area contributed by atoms with E-state index in [0.29, 0.717) is 24.5 Å². The smallest absolute Gasteiger partial charge is 0.354 e. The Morgan fingerprint density at radius 3 is 2.94 bits per heavy atom. The van der Waals surface area contributed by atoms with Crippen LogP contribution in [-0.2, 0) is 18.7 Å². The third-order valence-electron chi connectivity index (χ3n) is 2.65. The first-order chi connectivity index (χ1) is 7.61. The van der Waals surface area contributed by atoms with Gasteiger partial charge in [-0.1, -0.05) is 0 Å². The Balaban J connectivity index is 2.53. The highest BCUT2D eigenvalue weighted by molar-refractivity contribution is 7.79. The molecule has 0 saturated carbocycles. The SMILES string of the molecule is CN1CCc2c(nc(CS)nc2C(=O)O)C1. The predicted octanol–water partition coefficient (Wildman–Crippen LogP) is 0.593. The molecule has 6 heteroatoms. The van der Waals surface area contributed by atoms with E-state index in [-0.39, 0.29) is 5.69 Å². The van der Waals surface area contributed by atoms with Crippen LogP contribution in [0.15, 0.2) is 0 Å². The van der Waals surface area contributed by atoms with Crippen LogP contribution in [0.25, 0.3) is 0 Å². The zero-order valence-electron chi connectivity index (χ0n) is 8.97. The van der Waals surface area contributed by atoms with E-state index in [9.17, 15) is 4.79 Å². The van der Waals surface area contributed by atoms with Gasteiger partial charge in [-0.2, -0.15) is 12.6 Å². The third kappa shape index (κ3) is 2.03. The van der Waals surface area contributed by atoms with Crippen LogP contribution in [0.2, 0.25) is 0 Å². The van der Waals surface area contributed by atoms with Crippen molar-refractivity contribution < 1.29 is 9.90 Å². The van der Waals surface area contributed by atoms with Crippen LogP contribution in [0.4, 0.5) is 0 Å². The van der Waals surface area contributed by atoms with Crippen molar-refractivity contribution in [3.8, 4) is 0 Å². The molecule has 0 radical (unpaired) electrons. The number of hydrogen-bond donors (Lipinski definition) is 2. The summed E-state index contributed by atoms with van der Waals surface area (Å²) in [6.45, 7) is 1.52. The summed E-state index contributed by atoms with van der Waals surface area (Å²) in [5.74, 6) is -0.141. The normalized spacial score (nSPS) is 15.9. The topological polar surface area (TPSA) is 66.3 Å². The number of carboxylic acids is 1. The number of nitrogens with zero attached hydrogens (tertiary/aromatic N) is 3. The molecule has 1 aliphatic rings. The molecule has 0 aliphatic carbocycles. The summed E-state index contributed by atoms with van der Waals surface area (Å²) in [6, 6.07) is 0. The number of aromatic nitrogens is 2. The van der Waals surface area contributed by atoms with E-state index in [1.165, 1.54) is 0 Å². The van der Waals surface area contributed by atoms with Gasteiger partial charge >= 0.3 is 5.97 Å². The maximum Gasteiger partial charge on any atom is 0.354 e. The molecular formula is C10H13N3O2S. The Labute approximate surface area is 98.9 Å². The molecule has 1 aliphatic heterocycles. The van der Waals surface area contributed by atoms with Gasteiger partial charge in [0.25, 0.3) is 0 Å². The van der Waals surface area contributed by atoms with Gasteiger partial charge in [-0.25, -0.2) is 14.8 Å². The van der Waals surface area contributed by atoms with Crippen LogP contribution >= 0.6 is 12.6 Å². The van der Waals surface area contributed by atoms with E-state index in [1.54, 1.807) is 0 Å². The summed E-state index contributed by atoms with van der Waals surface area (Å²) in [4.78, 5) is 21.6. The van der Waals surface area contributed by atoms with Crippen LogP contribution in [-0.4, -0.2) is 39.5 Å². The molecule has 2 heterocycles. The average molecular weight is 239 g/mol. The standard InChI is InChI=1S/C10H13N3O2S/c1-13-3-2-6-7(4-13)11-8(5-16)12-9(6)10(14)15/h16H,2-5H2,1H3,(H,14,15). The number of carboxylic acid groups (broad SMARTS) is 1. The molecule has 0 bridgehead atoms.